The molecule has 0 aromatic heterocycles. The van der Waals surface area contributed by atoms with E-state index in [1.807, 2.05) is 0 Å². The van der Waals surface area contributed by atoms with Crippen LogP contribution >= 0.6 is 17.6 Å². The zero-order valence-electron chi connectivity index (χ0n) is 3.23. The summed E-state index contributed by atoms with van der Waals surface area (Å²) in [6.45, 7) is 0. The van der Waals surface area contributed by atoms with Crippen molar-refractivity contribution in [2.45, 2.75) is 0 Å². The molecule has 0 aromatic rings. The highest BCUT2D eigenvalue weighted by molar-refractivity contribution is 7.40. The van der Waals surface area contributed by atoms with Crippen LogP contribution in [0, 0.1) is 0 Å². The molecule has 0 saturated carbocycles. The minimum atomic E-state index is 0.309. The van der Waals surface area contributed by atoms with Gasteiger partial charge in [0.15, 0.2) is 9.03 Å². The molecule has 0 unspecified atom stereocenters. The van der Waals surface area contributed by atoms with Gasteiger partial charge in [0.1, 0.15) is 0 Å². The summed E-state index contributed by atoms with van der Waals surface area (Å²) < 4.78 is 9.77. The van der Waals surface area contributed by atoms with Gasteiger partial charge in [-0.05, 0) is 0 Å². The Balaban J connectivity index is 2.00. The molecule has 36 valence electrons. The molecule has 0 radical (unpaired) electrons. The molecule has 1 aliphatic heterocycles. The second-order valence-corrected chi connectivity index (χ2v) is 2.73. The lowest BCUT2D eigenvalue weighted by molar-refractivity contribution is 0.315. The molecular formula is C2H6O2P2. The molecule has 0 spiro atoms. The fraction of sp³-hybridized carbons (Fsp3) is 1.00. The van der Waals surface area contributed by atoms with Crippen LogP contribution < -0.4 is 0 Å². The standard InChI is InChI=1S/C2H6O2P2/c1-3-6-4-2-5-1/h5-6H,1-2H2. The van der Waals surface area contributed by atoms with Gasteiger partial charge >= 0.3 is 0 Å². The number of hydrogen-bond acceptors (Lipinski definition) is 2. The Kier molecular flexibility index (Phi) is 2.36. The third-order valence-corrected chi connectivity index (χ3v) is 2.26. The van der Waals surface area contributed by atoms with Crippen LogP contribution in [0.25, 0.3) is 0 Å². The lowest BCUT2D eigenvalue weighted by Crippen LogP contribution is -1.87. The van der Waals surface area contributed by atoms with Crippen molar-refractivity contribution < 1.29 is 9.05 Å². The average molecular weight is 124 g/mol. The van der Waals surface area contributed by atoms with Gasteiger partial charge in [0.05, 0.1) is 12.7 Å². The van der Waals surface area contributed by atoms with Crippen molar-refractivity contribution in [2.24, 2.45) is 0 Å². The van der Waals surface area contributed by atoms with E-state index >= 15 is 0 Å². The molecule has 1 saturated heterocycles. The number of hydrogen-bond donors (Lipinski definition) is 0. The highest BCUT2D eigenvalue weighted by Crippen LogP contribution is 2.28. The van der Waals surface area contributed by atoms with Crippen LogP contribution in [0.2, 0.25) is 0 Å². The van der Waals surface area contributed by atoms with E-state index < -0.39 is 0 Å². The van der Waals surface area contributed by atoms with Crippen molar-refractivity contribution in [2.75, 3.05) is 12.7 Å². The zero-order valence-corrected chi connectivity index (χ0v) is 5.23. The Morgan fingerprint density at radius 2 is 1.83 bits per heavy atom. The lowest BCUT2D eigenvalue weighted by atomic mass is 11.7. The predicted molar refractivity (Wildman–Crippen MR) is 28.5 cm³/mol. The molecule has 1 fully saturated rings. The first kappa shape index (κ1) is 4.93. The maximum Gasteiger partial charge on any atom is 0.155 e. The summed E-state index contributed by atoms with van der Waals surface area (Å²) in [6.07, 6.45) is 1.83. The van der Waals surface area contributed by atoms with Crippen LogP contribution in [0.1, 0.15) is 0 Å². The van der Waals surface area contributed by atoms with Crippen molar-refractivity contribution in [3.63, 3.8) is 0 Å². The molecule has 4 heteroatoms. The van der Waals surface area contributed by atoms with Gasteiger partial charge in [-0.25, -0.2) is 0 Å². The highest BCUT2D eigenvalue weighted by Gasteiger charge is 1.94. The Labute approximate surface area is 40.3 Å². The van der Waals surface area contributed by atoms with E-state index in [9.17, 15) is 0 Å². The summed E-state index contributed by atoms with van der Waals surface area (Å²) in [5.41, 5.74) is 0. The largest absolute Gasteiger partial charge is 0.332 e. The van der Waals surface area contributed by atoms with E-state index in [1.54, 1.807) is 0 Å². The summed E-state index contributed by atoms with van der Waals surface area (Å²) in [7, 11) is 1.17. The molecule has 0 N–H and O–H groups in total. The second-order valence-electron chi connectivity index (χ2n) is 0.911. The SMILES string of the molecule is C1OPOCP1. The Morgan fingerprint density at radius 1 is 1.17 bits per heavy atom. The van der Waals surface area contributed by atoms with E-state index in [2.05, 4.69) is 0 Å². The van der Waals surface area contributed by atoms with Crippen molar-refractivity contribution in [3.8, 4) is 0 Å². The summed E-state index contributed by atoms with van der Waals surface area (Å²) in [6, 6.07) is 0. The Bertz CT molecular complexity index is 25.0. The summed E-state index contributed by atoms with van der Waals surface area (Å²) in [5.74, 6) is 0. The summed E-state index contributed by atoms with van der Waals surface area (Å²) >= 11 is 0. The Morgan fingerprint density at radius 3 is 2.00 bits per heavy atom. The fourth-order valence-corrected chi connectivity index (χ4v) is 1.70. The highest BCUT2D eigenvalue weighted by atomic mass is 31.1. The van der Waals surface area contributed by atoms with Crippen molar-refractivity contribution in [1.82, 2.24) is 0 Å². The van der Waals surface area contributed by atoms with Gasteiger partial charge in [0.2, 0.25) is 0 Å². The first-order valence-corrected chi connectivity index (χ1v) is 3.92. The summed E-state index contributed by atoms with van der Waals surface area (Å²) in [5, 5.41) is 0. The molecule has 2 nitrogen and oxygen atoms in total. The van der Waals surface area contributed by atoms with Crippen LogP contribution in [-0.4, -0.2) is 12.7 Å². The van der Waals surface area contributed by atoms with Crippen molar-refractivity contribution in [3.05, 3.63) is 0 Å². The fourth-order valence-electron chi connectivity index (χ4n) is 0.244. The summed E-state index contributed by atoms with van der Waals surface area (Å²) in [4.78, 5) is 0. The molecule has 1 rings (SSSR count). The van der Waals surface area contributed by atoms with Gasteiger partial charge in [-0.2, -0.15) is 0 Å². The normalized spacial score (nSPS) is 32.0. The van der Waals surface area contributed by atoms with Gasteiger partial charge in [-0.15, -0.1) is 0 Å². The molecule has 0 bridgehead atoms. The molecule has 0 atom stereocenters. The zero-order chi connectivity index (χ0) is 4.24. The monoisotopic (exact) mass is 124 g/mol. The second kappa shape index (κ2) is 2.87. The quantitative estimate of drug-likeness (QED) is 0.450. The average Bonchev–Trinajstić information content (AvgIpc) is 1.72. The van der Waals surface area contributed by atoms with Gasteiger partial charge in [0, 0.05) is 0 Å². The van der Waals surface area contributed by atoms with Crippen LogP contribution in [0.3, 0.4) is 0 Å². The minimum absolute atomic E-state index is 0.309. The topological polar surface area (TPSA) is 18.5 Å². The van der Waals surface area contributed by atoms with E-state index in [1.165, 1.54) is 0 Å². The van der Waals surface area contributed by atoms with Crippen molar-refractivity contribution in [1.29, 1.82) is 0 Å². The first-order valence-electron chi connectivity index (χ1n) is 1.69. The van der Waals surface area contributed by atoms with E-state index in [0.29, 0.717) is 9.03 Å². The van der Waals surface area contributed by atoms with Crippen LogP contribution in [-0.2, 0) is 9.05 Å². The van der Waals surface area contributed by atoms with E-state index in [0.717, 1.165) is 21.3 Å². The molecular weight excluding hydrogens is 118 g/mol. The van der Waals surface area contributed by atoms with Crippen LogP contribution in [0.4, 0.5) is 0 Å². The van der Waals surface area contributed by atoms with Crippen LogP contribution in [0.15, 0.2) is 0 Å². The lowest BCUT2D eigenvalue weighted by Gasteiger charge is -2.08. The van der Waals surface area contributed by atoms with Gasteiger partial charge in [0.25, 0.3) is 0 Å². The number of rotatable bonds is 0. The molecule has 0 amide bonds. The predicted octanol–water partition coefficient (Wildman–Crippen LogP) is 1.14. The molecule has 0 aliphatic carbocycles. The van der Waals surface area contributed by atoms with Gasteiger partial charge < -0.3 is 9.05 Å². The van der Waals surface area contributed by atoms with E-state index in [4.69, 9.17) is 9.05 Å². The Hall–Kier alpha value is 0.780. The minimum Gasteiger partial charge on any atom is -0.332 e. The van der Waals surface area contributed by atoms with Gasteiger partial charge in [-0.3, -0.25) is 0 Å². The van der Waals surface area contributed by atoms with Crippen molar-refractivity contribution >= 4 is 17.6 Å². The maximum atomic E-state index is 4.89. The molecule has 1 aliphatic rings. The first-order chi connectivity index (χ1) is 3.00. The third kappa shape index (κ3) is 1.49. The maximum absolute atomic E-state index is 4.89. The smallest absolute Gasteiger partial charge is 0.155 e. The van der Waals surface area contributed by atoms with Gasteiger partial charge in [-0.1, -0.05) is 8.58 Å². The molecule has 6 heavy (non-hydrogen) atoms. The van der Waals surface area contributed by atoms with Crippen LogP contribution in [0.5, 0.6) is 0 Å². The third-order valence-electron chi connectivity index (χ3n) is 0.466. The van der Waals surface area contributed by atoms with E-state index in [-0.39, 0.29) is 0 Å². The molecule has 0 aromatic carbocycles. The molecule has 1 heterocycles.